The first-order chi connectivity index (χ1) is 9.88. The molecule has 0 fully saturated rings. The standard InChI is InChI=1S/C11H8Cl2N4O2S2/c12-7-2-1-6(5-8(7)13)16-21(18,19)10-9(14)15-11-17(10)3-4-20-11/h1-5,16H,14H2. The largest absolute Gasteiger partial charge is 0.381 e. The molecule has 0 saturated carbocycles. The lowest BCUT2D eigenvalue weighted by molar-refractivity contribution is 0.597. The highest BCUT2D eigenvalue weighted by atomic mass is 35.5. The van der Waals surface area contributed by atoms with E-state index in [2.05, 4.69) is 9.71 Å². The number of aromatic nitrogens is 2. The van der Waals surface area contributed by atoms with Crippen LogP contribution in [-0.4, -0.2) is 17.8 Å². The van der Waals surface area contributed by atoms with Gasteiger partial charge in [-0.05, 0) is 18.2 Å². The molecule has 0 spiro atoms. The lowest BCUT2D eigenvalue weighted by atomic mass is 10.3. The van der Waals surface area contributed by atoms with Gasteiger partial charge < -0.3 is 5.73 Å². The molecule has 3 aromatic rings. The minimum Gasteiger partial charge on any atom is -0.381 e. The predicted molar refractivity (Wildman–Crippen MR) is 84.8 cm³/mol. The van der Waals surface area contributed by atoms with Crippen molar-refractivity contribution in [3.05, 3.63) is 39.8 Å². The van der Waals surface area contributed by atoms with Gasteiger partial charge >= 0.3 is 0 Å². The second kappa shape index (κ2) is 5.06. The minimum absolute atomic E-state index is 0.0607. The van der Waals surface area contributed by atoms with Crippen LogP contribution in [0.1, 0.15) is 0 Å². The van der Waals surface area contributed by atoms with Gasteiger partial charge in [0, 0.05) is 11.6 Å². The van der Waals surface area contributed by atoms with Crippen molar-refractivity contribution in [2.75, 3.05) is 10.5 Å². The van der Waals surface area contributed by atoms with E-state index in [1.165, 1.54) is 33.9 Å². The molecule has 21 heavy (non-hydrogen) atoms. The number of anilines is 2. The Morgan fingerprint density at radius 3 is 2.76 bits per heavy atom. The molecular formula is C11H8Cl2N4O2S2. The summed E-state index contributed by atoms with van der Waals surface area (Å²) in [6.07, 6.45) is 1.59. The van der Waals surface area contributed by atoms with Crippen LogP contribution in [0.5, 0.6) is 0 Å². The average Bonchev–Trinajstić information content (AvgIpc) is 2.92. The van der Waals surface area contributed by atoms with Crippen LogP contribution >= 0.6 is 34.5 Å². The summed E-state index contributed by atoms with van der Waals surface area (Å²) in [6.45, 7) is 0. The summed E-state index contributed by atoms with van der Waals surface area (Å²) in [5.74, 6) is -0.0607. The number of fused-ring (bicyclic) bond motifs is 1. The Morgan fingerprint density at radius 1 is 1.29 bits per heavy atom. The molecule has 0 unspecified atom stereocenters. The van der Waals surface area contributed by atoms with Crippen LogP contribution in [0.25, 0.3) is 4.96 Å². The molecular weight excluding hydrogens is 355 g/mol. The molecule has 3 N–H and O–H groups in total. The maximum Gasteiger partial charge on any atom is 0.281 e. The number of sulfonamides is 1. The Balaban J connectivity index is 2.06. The number of thiazole rings is 1. The van der Waals surface area contributed by atoms with Gasteiger partial charge in [-0.2, -0.15) is 8.42 Å². The lowest BCUT2D eigenvalue weighted by Gasteiger charge is -2.08. The molecule has 0 aliphatic carbocycles. The number of nitrogen functional groups attached to an aromatic ring is 1. The zero-order valence-electron chi connectivity index (χ0n) is 10.2. The fraction of sp³-hybridized carbons (Fsp3) is 0. The summed E-state index contributed by atoms with van der Waals surface area (Å²) in [7, 11) is -3.90. The molecule has 1 aromatic carbocycles. The number of benzene rings is 1. The Kier molecular flexibility index (Phi) is 3.48. The Morgan fingerprint density at radius 2 is 2.05 bits per heavy atom. The first-order valence-corrected chi connectivity index (χ1v) is 8.69. The van der Waals surface area contributed by atoms with Crippen molar-refractivity contribution < 1.29 is 8.42 Å². The van der Waals surface area contributed by atoms with Crippen LogP contribution in [0.15, 0.2) is 34.8 Å². The van der Waals surface area contributed by atoms with Crippen LogP contribution in [0.3, 0.4) is 0 Å². The summed E-state index contributed by atoms with van der Waals surface area (Å²) < 4.78 is 28.8. The van der Waals surface area contributed by atoms with Gasteiger partial charge in [0.2, 0.25) is 5.03 Å². The maximum atomic E-state index is 12.5. The maximum absolute atomic E-state index is 12.5. The third-order valence-electron chi connectivity index (χ3n) is 2.67. The predicted octanol–water partition coefficient (Wildman–Crippen LogP) is 3.09. The molecule has 0 aliphatic rings. The van der Waals surface area contributed by atoms with E-state index < -0.39 is 10.0 Å². The molecule has 0 radical (unpaired) electrons. The normalized spacial score (nSPS) is 11.9. The smallest absolute Gasteiger partial charge is 0.281 e. The lowest BCUT2D eigenvalue weighted by Crippen LogP contribution is -2.16. The Hall–Kier alpha value is -1.48. The molecule has 3 rings (SSSR count). The van der Waals surface area contributed by atoms with Gasteiger partial charge in [0.15, 0.2) is 10.8 Å². The third-order valence-corrected chi connectivity index (χ3v) is 5.58. The zero-order valence-corrected chi connectivity index (χ0v) is 13.4. The van der Waals surface area contributed by atoms with Crippen molar-refractivity contribution in [2.24, 2.45) is 0 Å². The van der Waals surface area contributed by atoms with E-state index in [0.29, 0.717) is 9.98 Å². The number of nitrogens with one attached hydrogen (secondary N) is 1. The molecule has 0 saturated heterocycles. The second-order valence-corrected chi connectivity index (χ2v) is 7.38. The minimum atomic E-state index is -3.90. The molecule has 0 atom stereocenters. The van der Waals surface area contributed by atoms with E-state index in [0.717, 1.165) is 0 Å². The van der Waals surface area contributed by atoms with E-state index in [1.807, 2.05) is 0 Å². The summed E-state index contributed by atoms with van der Waals surface area (Å²) in [5.41, 5.74) is 5.99. The Labute approximate surface area is 134 Å². The van der Waals surface area contributed by atoms with Crippen molar-refractivity contribution in [2.45, 2.75) is 5.03 Å². The highest BCUT2D eigenvalue weighted by molar-refractivity contribution is 7.92. The Bertz CT molecular complexity index is 933. The zero-order chi connectivity index (χ0) is 15.2. The van der Waals surface area contributed by atoms with E-state index >= 15 is 0 Å². The molecule has 10 heteroatoms. The van der Waals surface area contributed by atoms with Gasteiger partial charge in [0.05, 0.1) is 15.7 Å². The highest BCUT2D eigenvalue weighted by Gasteiger charge is 2.24. The average molecular weight is 363 g/mol. The number of nitrogens with two attached hydrogens (primary N) is 1. The number of hydrogen-bond donors (Lipinski definition) is 2. The van der Waals surface area contributed by atoms with Crippen LogP contribution in [-0.2, 0) is 10.0 Å². The first kappa shape index (κ1) is 14.5. The first-order valence-electron chi connectivity index (χ1n) is 5.57. The second-order valence-electron chi connectivity index (χ2n) is 4.09. The van der Waals surface area contributed by atoms with Crippen molar-refractivity contribution in [3.8, 4) is 0 Å². The number of imidazole rings is 1. The van der Waals surface area contributed by atoms with Gasteiger partial charge in [-0.15, -0.1) is 11.3 Å². The SMILES string of the molecule is Nc1nc2sccn2c1S(=O)(=O)Nc1ccc(Cl)c(Cl)c1. The number of rotatable bonds is 3. The van der Waals surface area contributed by atoms with E-state index in [4.69, 9.17) is 28.9 Å². The fourth-order valence-electron chi connectivity index (χ4n) is 1.81. The van der Waals surface area contributed by atoms with Crippen LogP contribution < -0.4 is 10.5 Å². The van der Waals surface area contributed by atoms with Crippen molar-refractivity contribution in [1.29, 1.82) is 0 Å². The quantitative estimate of drug-likeness (QED) is 0.748. The number of hydrogen-bond acceptors (Lipinski definition) is 5. The molecule has 0 amide bonds. The summed E-state index contributed by atoms with van der Waals surface area (Å²) in [5, 5.41) is 2.20. The van der Waals surface area contributed by atoms with E-state index in [9.17, 15) is 8.42 Å². The van der Waals surface area contributed by atoms with Crippen LogP contribution in [0.4, 0.5) is 11.5 Å². The monoisotopic (exact) mass is 362 g/mol. The summed E-state index contributed by atoms with van der Waals surface area (Å²) >= 11 is 13.0. The molecule has 2 heterocycles. The van der Waals surface area contributed by atoms with Gasteiger partial charge in [-0.25, -0.2) is 4.98 Å². The molecule has 110 valence electrons. The van der Waals surface area contributed by atoms with Gasteiger partial charge in [-0.1, -0.05) is 23.2 Å². The highest BCUT2D eigenvalue weighted by Crippen LogP contribution is 2.28. The van der Waals surface area contributed by atoms with Gasteiger partial charge in [-0.3, -0.25) is 9.12 Å². The number of nitrogens with zero attached hydrogens (tertiary/aromatic N) is 2. The summed E-state index contributed by atoms with van der Waals surface area (Å²) in [4.78, 5) is 4.51. The van der Waals surface area contributed by atoms with Crippen LogP contribution in [0.2, 0.25) is 10.0 Å². The topological polar surface area (TPSA) is 89.5 Å². The van der Waals surface area contributed by atoms with Gasteiger partial charge in [0.25, 0.3) is 10.0 Å². The van der Waals surface area contributed by atoms with Crippen molar-refractivity contribution >= 4 is 61.0 Å². The molecule has 0 aliphatic heterocycles. The summed E-state index contributed by atoms with van der Waals surface area (Å²) in [6, 6.07) is 4.43. The van der Waals surface area contributed by atoms with E-state index in [-0.39, 0.29) is 21.6 Å². The number of halogens is 2. The van der Waals surface area contributed by atoms with Gasteiger partial charge in [0.1, 0.15) is 0 Å². The molecule has 2 aromatic heterocycles. The molecule has 6 nitrogen and oxygen atoms in total. The third kappa shape index (κ3) is 2.55. The van der Waals surface area contributed by atoms with Crippen molar-refractivity contribution in [3.63, 3.8) is 0 Å². The fourth-order valence-corrected chi connectivity index (χ4v) is 4.15. The van der Waals surface area contributed by atoms with Crippen LogP contribution in [0, 0.1) is 0 Å². The molecule has 0 bridgehead atoms. The van der Waals surface area contributed by atoms with Crippen molar-refractivity contribution in [1.82, 2.24) is 9.38 Å². The van der Waals surface area contributed by atoms with E-state index in [1.54, 1.807) is 11.6 Å².